The van der Waals surface area contributed by atoms with E-state index < -0.39 is 17.9 Å². The molecular weight excluding hydrogens is 478 g/mol. The molecule has 186 valence electrons. The highest BCUT2D eigenvalue weighted by atomic mass is 35.5. The Morgan fingerprint density at radius 3 is 2.31 bits per heavy atom. The van der Waals surface area contributed by atoms with Crippen molar-refractivity contribution in [1.82, 2.24) is 0 Å². The van der Waals surface area contributed by atoms with E-state index in [0.717, 1.165) is 11.3 Å². The van der Waals surface area contributed by atoms with Crippen molar-refractivity contribution >= 4 is 40.6 Å². The van der Waals surface area contributed by atoms with Crippen LogP contribution in [-0.2, 0) is 9.59 Å². The lowest BCUT2D eigenvalue weighted by atomic mass is 9.77. The zero-order valence-electron chi connectivity index (χ0n) is 20.1. The van der Waals surface area contributed by atoms with Gasteiger partial charge in [-0.3, -0.25) is 14.4 Å². The molecule has 0 aliphatic carbocycles. The van der Waals surface area contributed by atoms with Gasteiger partial charge < -0.3 is 20.7 Å². The minimum Gasteiger partial charge on any atom is -0.493 e. The van der Waals surface area contributed by atoms with Gasteiger partial charge in [0.2, 0.25) is 11.8 Å². The Labute approximate surface area is 215 Å². The summed E-state index contributed by atoms with van der Waals surface area (Å²) < 4.78 is 5.53. The van der Waals surface area contributed by atoms with Crippen LogP contribution >= 0.6 is 11.6 Å². The smallest absolute Gasteiger partial charge is 0.224 e. The number of carbonyl (C=O) groups excluding carboxylic acids is 3. The lowest BCUT2D eigenvalue weighted by Gasteiger charge is -2.43. The van der Waals surface area contributed by atoms with Crippen LogP contribution in [0.5, 0.6) is 5.75 Å². The number of para-hydroxylation sites is 1. The SMILES string of the molecule is CC(=O)N(c1ccc(Cl)cc1)[C@H]1c2ccccc2N[C@@H](C)C1C(=O)c1ccc(OCCC(N)=O)cc1. The average molecular weight is 506 g/mol. The maximum Gasteiger partial charge on any atom is 0.224 e. The van der Waals surface area contributed by atoms with E-state index in [4.69, 9.17) is 22.1 Å². The number of Topliss-reactive ketones (excluding diaryl/α,β-unsaturated/α-hetero) is 1. The summed E-state index contributed by atoms with van der Waals surface area (Å²) in [5.41, 5.74) is 8.07. The molecule has 1 heterocycles. The minimum absolute atomic E-state index is 0.0987. The van der Waals surface area contributed by atoms with E-state index in [2.05, 4.69) is 5.32 Å². The quantitative estimate of drug-likeness (QED) is 0.419. The molecule has 0 bridgehead atoms. The van der Waals surface area contributed by atoms with E-state index in [-0.39, 0.29) is 30.8 Å². The molecule has 4 rings (SSSR count). The van der Waals surface area contributed by atoms with Crippen LogP contribution in [0.3, 0.4) is 0 Å². The van der Waals surface area contributed by atoms with Crippen LogP contribution in [0.4, 0.5) is 11.4 Å². The Morgan fingerprint density at radius 2 is 1.67 bits per heavy atom. The topological polar surface area (TPSA) is 102 Å². The zero-order chi connectivity index (χ0) is 25.8. The summed E-state index contributed by atoms with van der Waals surface area (Å²) in [5.74, 6) is -0.750. The van der Waals surface area contributed by atoms with Crippen LogP contribution in [0.2, 0.25) is 5.02 Å². The van der Waals surface area contributed by atoms with Crippen molar-refractivity contribution in [3.8, 4) is 5.75 Å². The zero-order valence-corrected chi connectivity index (χ0v) is 20.9. The number of anilines is 2. The molecule has 3 atom stereocenters. The number of halogens is 1. The van der Waals surface area contributed by atoms with E-state index in [9.17, 15) is 14.4 Å². The summed E-state index contributed by atoms with van der Waals surface area (Å²) in [5, 5.41) is 4.01. The summed E-state index contributed by atoms with van der Waals surface area (Å²) >= 11 is 6.10. The number of nitrogens with one attached hydrogen (secondary N) is 1. The highest BCUT2D eigenvalue weighted by Gasteiger charge is 2.43. The second kappa shape index (κ2) is 10.8. The summed E-state index contributed by atoms with van der Waals surface area (Å²) in [6.45, 7) is 3.62. The molecule has 3 N–H and O–H groups in total. The number of ketones is 1. The van der Waals surface area contributed by atoms with Gasteiger partial charge in [-0.05, 0) is 67.1 Å². The largest absolute Gasteiger partial charge is 0.493 e. The third-order valence-corrected chi connectivity index (χ3v) is 6.57. The van der Waals surface area contributed by atoms with Crippen molar-refractivity contribution in [2.24, 2.45) is 11.7 Å². The number of rotatable bonds is 8. The monoisotopic (exact) mass is 505 g/mol. The number of primary amides is 1. The molecule has 0 fully saturated rings. The first-order valence-electron chi connectivity index (χ1n) is 11.7. The molecule has 36 heavy (non-hydrogen) atoms. The molecule has 0 saturated heterocycles. The van der Waals surface area contributed by atoms with Gasteiger partial charge in [-0.15, -0.1) is 0 Å². The van der Waals surface area contributed by atoms with Gasteiger partial charge in [0.05, 0.1) is 25.0 Å². The normalized spacial score (nSPS) is 18.5. The fourth-order valence-corrected chi connectivity index (χ4v) is 4.80. The number of nitrogens with two attached hydrogens (primary N) is 1. The number of amides is 2. The number of hydrogen-bond acceptors (Lipinski definition) is 5. The van der Waals surface area contributed by atoms with Crippen LogP contribution < -0.4 is 20.7 Å². The molecule has 1 aliphatic heterocycles. The van der Waals surface area contributed by atoms with Crippen molar-refractivity contribution < 1.29 is 19.1 Å². The average Bonchev–Trinajstić information content (AvgIpc) is 2.85. The van der Waals surface area contributed by atoms with E-state index in [0.29, 0.717) is 22.0 Å². The summed E-state index contributed by atoms with van der Waals surface area (Å²) in [6.07, 6.45) is 0.110. The van der Waals surface area contributed by atoms with E-state index in [1.807, 2.05) is 31.2 Å². The summed E-state index contributed by atoms with van der Waals surface area (Å²) in [4.78, 5) is 39.6. The molecule has 0 aromatic heterocycles. The molecule has 2 amide bonds. The molecule has 0 spiro atoms. The molecule has 7 nitrogen and oxygen atoms in total. The van der Waals surface area contributed by atoms with E-state index in [1.165, 1.54) is 6.92 Å². The van der Waals surface area contributed by atoms with Crippen molar-refractivity contribution in [1.29, 1.82) is 0 Å². The van der Waals surface area contributed by atoms with Crippen molar-refractivity contribution in [2.45, 2.75) is 32.4 Å². The van der Waals surface area contributed by atoms with Crippen LogP contribution in [0.1, 0.15) is 42.2 Å². The Balaban J connectivity index is 1.72. The first-order valence-corrected chi connectivity index (χ1v) is 12.1. The maximum atomic E-state index is 14.0. The predicted octanol–water partition coefficient (Wildman–Crippen LogP) is 5.00. The fourth-order valence-electron chi connectivity index (χ4n) is 4.68. The van der Waals surface area contributed by atoms with Gasteiger partial charge in [0.25, 0.3) is 0 Å². The second-order valence-electron chi connectivity index (χ2n) is 8.81. The van der Waals surface area contributed by atoms with Crippen LogP contribution in [0, 0.1) is 5.92 Å². The third-order valence-electron chi connectivity index (χ3n) is 6.32. The van der Waals surface area contributed by atoms with Gasteiger partial charge >= 0.3 is 0 Å². The van der Waals surface area contributed by atoms with Crippen molar-refractivity contribution in [3.05, 3.63) is 88.9 Å². The van der Waals surface area contributed by atoms with Gasteiger partial charge in [-0.25, -0.2) is 0 Å². The number of hydrogen-bond donors (Lipinski definition) is 2. The second-order valence-corrected chi connectivity index (χ2v) is 9.25. The number of nitrogens with zero attached hydrogens (tertiary/aromatic N) is 1. The molecule has 1 unspecified atom stereocenters. The number of benzene rings is 3. The van der Waals surface area contributed by atoms with Gasteiger partial charge in [0.15, 0.2) is 5.78 Å². The predicted molar refractivity (Wildman–Crippen MR) is 140 cm³/mol. The van der Waals surface area contributed by atoms with Crippen LogP contribution in [0.15, 0.2) is 72.8 Å². The highest BCUT2D eigenvalue weighted by Crippen LogP contribution is 2.44. The number of carbonyl (C=O) groups is 3. The Bertz CT molecular complexity index is 1260. The first-order chi connectivity index (χ1) is 17.3. The Morgan fingerprint density at radius 1 is 1.00 bits per heavy atom. The number of fused-ring (bicyclic) bond motifs is 1. The van der Waals surface area contributed by atoms with Gasteiger partial charge in [0.1, 0.15) is 5.75 Å². The molecule has 0 saturated carbocycles. The van der Waals surface area contributed by atoms with E-state index in [1.54, 1.807) is 53.4 Å². The molecular formula is C28H28ClN3O4. The summed E-state index contributed by atoms with van der Waals surface area (Å²) in [6, 6.07) is 20.8. The van der Waals surface area contributed by atoms with Gasteiger partial charge in [-0.1, -0.05) is 29.8 Å². The van der Waals surface area contributed by atoms with Gasteiger partial charge in [0, 0.05) is 34.9 Å². The molecule has 3 aromatic carbocycles. The third kappa shape index (κ3) is 5.36. The highest BCUT2D eigenvalue weighted by molar-refractivity contribution is 6.30. The lowest BCUT2D eigenvalue weighted by Crippen LogP contribution is -2.49. The Hall–Kier alpha value is -3.84. The Kier molecular flexibility index (Phi) is 7.60. The van der Waals surface area contributed by atoms with Crippen LogP contribution in [-0.4, -0.2) is 30.2 Å². The van der Waals surface area contributed by atoms with Crippen LogP contribution in [0.25, 0.3) is 0 Å². The minimum atomic E-state index is -0.568. The molecule has 0 radical (unpaired) electrons. The maximum absolute atomic E-state index is 14.0. The standard InChI is InChI=1S/C28H28ClN3O4/c1-17-26(28(35)19-7-13-22(14-8-19)36-16-15-25(30)34)27(23-5-3-4-6-24(23)31-17)32(18(2)33)21-11-9-20(29)10-12-21/h3-14,17,26-27,31H,15-16H2,1-2H3,(H2,30,34)/t17-,26?,27-/m0/s1. The van der Waals surface area contributed by atoms with Crippen molar-refractivity contribution in [2.75, 3.05) is 16.8 Å². The molecule has 1 aliphatic rings. The molecule has 3 aromatic rings. The lowest BCUT2D eigenvalue weighted by molar-refractivity contribution is -0.118. The van der Waals surface area contributed by atoms with Crippen molar-refractivity contribution in [3.63, 3.8) is 0 Å². The first kappa shape index (κ1) is 25.3. The van der Waals surface area contributed by atoms with E-state index >= 15 is 0 Å². The van der Waals surface area contributed by atoms with Gasteiger partial charge in [-0.2, -0.15) is 0 Å². The molecule has 8 heteroatoms. The fraction of sp³-hybridized carbons (Fsp3) is 0.250. The number of ether oxygens (including phenoxy) is 1. The summed E-state index contributed by atoms with van der Waals surface area (Å²) in [7, 11) is 0.